The molecule has 0 spiro atoms. The van der Waals surface area contributed by atoms with Crippen LogP contribution in [0.25, 0.3) is 0 Å². The highest BCUT2D eigenvalue weighted by molar-refractivity contribution is 9.10. The Kier molecular flexibility index (Phi) is 4.66. The number of aromatic hydroxyl groups is 1. The van der Waals surface area contributed by atoms with Gasteiger partial charge in [-0.25, -0.2) is 0 Å². The van der Waals surface area contributed by atoms with Gasteiger partial charge in [0.05, 0.1) is 4.47 Å². The Morgan fingerprint density at radius 2 is 1.67 bits per heavy atom. The quantitative estimate of drug-likeness (QED) is 0.794. The first-order valence-corrected chi connectivity index (χ1v) is 7.35. The van der Waals surface area contributed by atoms with Gasteiger partial charge in [0, 0.05) is 5.33 Å². The Balaban J connectivity index is 2.04. The molecule has 0 heterocycles. The number of phenols is 1. The number of benzene rings is 2. The number of ether oxygens (including phenoxy) is 1. The molecule has 2 nitrogen and oxygen atoms in total. The molecule has 18 heavy (non-hydrogen) atoms. The van der Waals surface area contributed by atoms with Gasteiger partial charge in [0.2, 0.25) is 0 Å². The van der Waals surface area contributed by atoms with Crippen molar-refractivity contribution in [3.8, 4) is 11.5 Å². The second-order valence-corrected chi connectivity index (χ2v) is 5.27. The third-order valence-electron chi connectivity index (χ3n) is 2.48. The summed E-state index contributed by atoms with van der Waals surface area (Å²) in [5.74, 6) is 1.08. The maximum Gasteiger partial charge on any atom is 0.134 e. The van der Waals surface area contributed by atoms with Crippen LogP contribution in [0.2, 0.25) is 0 Å². The number of halogens is 2. The summed E-state index contributed by atoms with van der Waals surface area (Å²) in [5.41, 5.74) is 2.21. The molecule has 2 aromatic carbocycles. The third kappa shape index (κ3) is 3.50. The Labute approximate surface area is 123 Å². The largest absolute Gasteiger partial charge is 0.508 e. The normalized spacial score (nSPS) is 10.3. The van der Waals surface area contributed by atoms with Crippen molar-refractivity contribution in [3.63, 3.8) is 0 Å². The van der Waals surface area contributed by atoms with Crippen molar-refractivity contribution in [2.45, 2.75) is 11.9 Å². The van der Waals surface area contributed by atoms with Crippen LogP contribution in [-0.4, -0.2) is 5.11 Å². The van der Waals surface area contributed by atoms with Gasteiger partial charge in [0.1, 0.15) is 18.1 Å². The molecule has 0 radical (unpaired) electrons. The first kappa shape index (κ1) is 13.4. The second-order valence-electron chi connectivity index (χ2n) is 3.85. The van der Waals surface area contributed by atoms with E-state index in [0.29, 0.717) is 6.61 Å². The zero-order chi connectivity index (χ0) is 13.0. The van der Waals surface area contributed by atoms with Crippen LogP contribution in [0.4, 0.5) is 0 Å². The van der Waals surface area contributed by atoms with Crippen LogP contribution in [0, 0.1) is 0 Å². The minimum atomic E-state index is 0.265. The minimum Gasteiger partial charge on any atom is -0.508 e. The third-order valence-corrected chi connectivity index (χ3v) is 3.75. The van der Waals surface area contributed by atoms with Gasteiger partial charge in [-0.3, -0.25) is 0 Å². The molecule has 0 saturated carbocycles. The van der Waals surface area contributed by atoms with Crippen LogP contribution in [-0.2, 0) is 11.9 Å². The molecule has 0 unspecified atom stereocenters. The number of hydrogen-bond donors (Lipinski definition) is 1. The van der Waals surface area contributed by atoms with Crippen molar-refractivity contribution in [1.82, 2.24) is 0 Å². The summed E-state index contributed by atoms with van der Waals surface area (Å²) in [5, 5.41) is 10.0. The SMILES string of the molecule is Oc1ccc(COc2ccc(CBr)cc2Br)cc1. The van der Waals surface area contributed by atoms with E-state index in [1.807, 2.05) is 30.3 Å². The molecule has 0 aliphatic heterocycles. The van der Waals surface area contributed by atoms with Crippen LogP contribution < -0.4 is 4.74 Å². The summed E-state index contributed by atoms with van der Waals surface area (Å²) in [7, 11) is 0. The maximum atomic E-state index is 9.19. The van der Waals surface area contributed by atoms with Gasteiger partial charge in [0.15, 0.2) is 0 Å². The average Bonchev–Trinajstić information content (AvgIpc) is 2.39. The van der Waals surface area contributed by atoms with Crippen molar-refractivity contribution >= 4 is 31.9 Å². The van der Waals surface area contributed by atoms with Crippen LogP contribution in [0.15, 0.2) is 46.9 Å². The Hall–Kier alpha value is -1.000. The fraction of sp³-hybridized carbons (Fsp3) is 0.143. The van der Waals surface area contributed by atoms with Gasteiger partial charge in [0.25, 0.3) is 0 Å². The van der Waals surface area contributed by atoms with Crippen molar-refractivity contribution in [2.24, 2.45) is 0 Å². The molecule has 1 N–H and O–H groups in total. The van der Waals surface area contributed by atoms with E-state index in [9.17, 15) is 5.11 Å². The predicted molar refractivity (Wildman–Crippen MR) is 79.2 cm³/mol. The molecule has 0 bridgehead atoms. The molecule has 94 valence electrons. The average molecular weight is 372 g/mol. The summed E-state index contributed by atoms with van der Waals surface area (Å²) in [4.78, 5) is 0. The molecule has 2 rings (SSSR count). The molecule has 0 fully saturated rings. The van der Waals surface area contributed by atoms with E-state index in [1.165, 1.54) is 5.56 Å². The lowest BCUT2D eigenvalue weighted by molar-refractivity contribution is 0.304. The van der Waals surface area contributed by atoms with Crippen molar-refractivity contribution in [1.29, 1.82) is 0 Å². The predicted octanol–water partition coefficient (Wildman–Crippen LogP) is 4.63. The zero-order valence-corrected chi connectivity index (χ0v) is 12.7. The second kappa shape index (κ2) is 6.25. The zero-order valence-electron chi connectivity index (χ0n) is 9.57. The van der Waals surface area contributed by atoms with E-state index in [0.717, 1.165) is 21.1 Å². The van der Waals surface area contributed by atoms with E-state index < -0.39 is 0 Å². The number of rotatable bonds is 4. The molecule has 0 aromatic heterocycles. The fourth-order valence-electron chi connectivity index (χ4n) is 1.50. The molecule has 2 aromatic rings. The lowest BCUT2D eigenvalue weighted by Crippen LogP contribution is -1.96. The van der Waals surface area contributed by atoms with E-state index in [4.69, 9.17) is 4.74 Å². The van der Waals surface area contributed by atoms with E-state index in [2.05, 4.69) is 31.9 Å². The monoisotopic (exact) mass is 370 g/mol. The molecule has 4 heteroatoms. The lowest BCUT2D eigenvalue weighted by atomic mass is 10.2. The van der Waals surface area contributed by atoms with Gasteiger partial charge in [-0.1, -0.05) is 34.1 Å². The first-order chi connectivity index (χ1) is 8.69. The van der Waals surface area contributed by atoms with E-state index in [-0.39, 0.29) is 5.75 Å². The molecule has 0 amide bonds. The number of alkyl halides is 1. The molecule has 0 atom stereocenters. The summed E-state index contributed by atoms with van der Waals surface area (Å²) in [6.07, 6.45) is 0. The van der Waals surface area contributed by atoms with Crippen LogP contribution in [0.5, 0.6) is 11.5 Å². The molecule has 0 aliphatic rings. The summed E-state index contributed by atoms with van der Waals surface area (Å²) in [6, 6.07) is 13.0. The van der Waals surface area contributed by atoms with Crippen molar-refractivity contribution in [2.75, 3.05) is 0 Å². The van der Waals surface area contributed by atoms with Gasteiger partial charge >= 0.3 is 0 Å². The highest BCUT2D eigenvalue weighted by Crippen LogP contribution is 2.27. The number of hydrogen-bond acceptors (Lipinski definition) is 2. The molecule has 0 saturated heterocycles. The summed E-state index contributed by atoms with van der Waals surface area (Å²) >= 11 is 6.90. The Morgan fingerprint density at radius 1 is 1.00 bits per heavy atom. The highest BCUT2D eigenvalue weighted by Gasteiger charge is 2.03. The van der Waals surface area contributed by atoms with E-state index >= 15 is 0 Å². The summed E-state index contributed by atoms with van der Waals surface area (Å²) in [6.45, 7) is 0.479. The summed E-state index contributed by atoms with van der Waals surface area (Å²) < 4.78 is 6.66. The molecular weight excluding hydrogens is 360 g/mol. The minimum absolute atomic E-state index is 0.265. The fourth-order valence-corrected chi connectivity index (χ4v) is 2.39. The molecular formula is C14H12Br2O2. The van der Waals surface area contributed by atoms with Crippen molar-refractivity contribution < 1.29 is 9.84 Å². The lowest BCUT2D eigenvalue weighted by Gasteiger charge is -2.09. The van der Waals surface area contributed by atoms with Crippen LogP contribution >= 0.6 is 31.9 Å². The number of phenolic OH excluding ortho intramolecular Hbond substituents is 1. The maximum absolute atomic E-state index is 9.19. The van der Waals surface area contributed by atoms with Gasteiger partial charge in [-0.15, -0.1) is 0 Å². The smallest absolute Gasteiger partial charge is 0.134 e. The van der Waals surface area contributed by atoms with Gasteiger partial charge in [-0.05, 0) is 51.3 Å². The standard InChI is InChI=1S/C14H12Br2O2/c15-8-11-3-6-14(13(16)7-11)18-9-10-1-4-12(17)5-2-10/h1-7,17H,8-9H2. The topological polar surface area (TPSA) is 29.5 Å². The highest BCUT2D eigenvalue weighted by atomic mass is 79.9. The van der Waals surface area contributed by atoms with Gasteiger partial charge < -0.3 is 9.84 Å². The first-order valence-electron chi connectivity index (χ1n) is 5.44. The van der Waals surface area contributed by atoms with Gasteiger partial charge in [-0.2, -0.15) is 0 Å². The Bertz CT molecular complexity index is 524. The molecule has 0 aliphatic carbocycles. The van der Waals surface area contributed by atoms with Crippen LogP contribution in [0.3, 0.4) is 0 Å². The van der Waals surface area contributed by atoms with Crippen molar-refractivity contribution in [3.05, 3.63) is 58.1 Å². The Morgan fingerprint density at radius 3 is 2.28 bits per heavy atom. The van der Waals surface area contributed by atoms with E-state index in [1.54, 1.807) is 12.1 Å². The van der Waals surface area contributed by atoms with Crippen LogP contribution in [0.1, 0.15) is 11.1 Å².